The van der Waals surface area contributed by atoms with E-state index in [1.165, 1.54) is 30.9 Å². The van der Waals surface area contributed by atoms with Crippen LogP contribution in [-0.4, -0.2) is 36.0 Å². The summed E-state index contributed by atoms with van der Waals surface area (Å²) in [6.45, 7) is 5.86. The molecule has 1 fully saturated rings. The molecule has 0 spiro atoms. The van der Waals surface area contributed by atoms with E-state index in [0.717, 1.165) is 12.0 Å². The van der Waals surface area contributed by atoms with Crippen molar-refractivity contribution in [3.63, 3.8) is 0 Å². The average Bonchev–Trinajstić information content (AvgIpc) is 2.86. The Kier molecular flexibility index (Phi) is 4.44. The van der Waals surface area contributed by atoms with Gasteiger partial charge in [0.05, 0.1) is 0 Å². The van der Waals surface area contributed by atoms with Gasteiger partial charge in [-0.15, -0.1) is 0 Å². The lowest BCUT2D eigenvalue weighted by molar-refractivity contribution is 0.248. The van der Waals surface area contributed by atoms with E-state index in [9.17, 15) is 0 Å². The highest BCUT2D eigenvalue weighted by Gasteiger charge is 2.29. The van der Waals surface area contributed by atoms with Crippen LogP contribution in [0.25, 0.3) is 0 Å². The second-order valence-corrected chi connectivity index (χ2v) is 5.15. The van der Waals surface area contributed by atoms with E-state index < -0.39 is 0 Å². The van der Waals surface area contributed by atoms with Gasteiger partial charge in [0.2, 0.25) is 0 Å². The molecule has 1 unspecified atom stereocenters. The third-order valence-electron chi connectivity index (χ3n) is 2.79. The Morgan fingerprint density at radius 2 is 2.17 bits per heavy atom. The van der Waals surface area contributed by atoms with Crippen LogP contribution in [0.15, 0.2) is 0 Å². The molecule has 2 heteroatoms. The van der Waals surface area contributed by atoms with Crippen LogP contribution < -0.4 is 0 Å². The van der Waals surface area contributed by atoms with Crippen LogP contribution >= 0.6 is 11.8 Å². The zero-order valence-electron chi connectivity index (χ0n) is 8.55. The summed E-state index contributed by atoms with van der Waals surface area (Å²) < 4.78 is 0. The van der Waals surface area contributed by atoms with Gasteiger partial charge in [-0.2, -0.15) is 11.8 Å². The van der Waals surface area contributed by atoms with Gasteiger partial charge < -0.3 is 4.90 Å². The van der Waals surface area contributed by atoms with E-state index in [-0.39, 0.29) is 0 Å². The first-order chi connectivity index (χ1) is 5.75. The number of nitrogens with zero attached hydrogens (tertiary/aromatic N) is 1. The molecule has 0 aromatic carbocycles. The van der Waals surface area contributed by atoms with E-state index in [1.54, 1.807) is 0 Å². The zero-order chi connectivity index (χ0) is 8.97. The van der Waals surface area contributed by atoms with Gasteiger partial charge in [-0.3, -0.25) is 0 Å². The molecule has 12 heavy (non-hydrogen) atoms. The Bertz CT molecular complexity index is 123. The Morgan fingerprint density at radius 3 is 2.67 bits per heavy atom. The van der Waals surface area contributed by atoms with Gasteiger partial charge in [0.25, 0.3) is 0 Å². The van der Waals surface area contributed by atoms with Crippen molar-refractivity contribution in [2.45, 2.75) is 32.7 Å². The van der Waals surface area contributed by atoms with Crippen LogP contribution in [0.5, 0.6) is 0 Å². The monoisotopic (exact) mass is 187 g/mol. The smallest absolute Gasteiger partial charge is 0.00924 e. The summed E-state index contributed by atoms with van der Waals surface area (Å²) in [4.78, 5) is 2.51. The van der Waals surface area contributed by atoms with Crippen molar-refractivity contribution in [2.75, 3.05) is 25.1 Å². The number of hydrogen-bond acceptors (Lipinski definition) is 2. The maximum atomic E-state index is 2.51. The summed E-state index contributed by atoms with van der Waals surface area (Å²) in [6, 6.07) is 0.822. The first-order valence-corrected chi connectivity index (χ1v) is 6.19. The quantitative estimate of drug-likeness (QED) is 0.588. The van der Waals surface area contributed by atoms with Gasteiger partial charge in [-0.25, -0.2) is 0 Å². The molecule has 0 aromatic rings. The molecule has 0 heterocycles. The highest BCUT2D eigenvalue weighted by atomic mass is 32.2. The summed E-state index contributed by atoms with van der Waals surface area (Å²) >= 11 is 2.04. The van der Waals surface area contributed by atoms with Crippen LogP contribution in [0.4, 0.5) is 0 Å². The lowest BCUT2D eigenvalue weighted by atomic mass is 10.2. The number of hydrogen-bond donors (Lipinski definition) is 0. The molecule has 0 amide bonds. The van der Waals surface area contributed by atoms with Gasteiger partial charge in [0, 0.05) is 18.3 Å². The summed E-state index contributed by atoms with van der Waals surface area (Å²) in [5.74, 6) is 3.57. The van der Waals surface area contributed by atoms with Crippen molar-refractivity contribution in [3.8, 4) is 0 Å². The summed E-state index contributed by atoms with van der Waals surface area (Å²) in [5, 5.41) is 0. The van der Waals surface area contributed by atoms with Crippen molar-refractivity contribution in [1.82, 2.24) is 4.90 Å². The Labute approximate surface area is 80.9 Å². The minimum Gasteiger partial charge on any atom is -0.303 e. The predicted molar refractivity (Wildman–Crippen MR) is 57.8 cm³/mol. The van der Waals surface area contributed by atoms with Crippen molar-refractivity contribution < 1.29 is 0 Å². The van der Waals surface area contributed by atoms with Gasteiger partial charge >= 0.3 is 0 Å². The molecule has 0 bridgehead atoms. The molecular formula is C10H21NS. The molecule has 0 N–H and O–H groups in total. The van der Waals surface area contributed by atoms with Crippen LogP contribution in [0.3, 0.4) is 0 Å². The largest absolute Gasteiger partial charge is 0.303 e. The molecule has 1 rings (SSSR count). The first-order valence-electron chi connectivity index (χ1n) is 5.03. The first kappa shape index (κ1) is 10.4. The van der Waals surface area contributed by atoms with E-state index >= 15 is 0 Å². The SMILES string of the molecule is CCSCCN(C)C(C)C1CC1. The lowest BCUT2D eigenvalue weighted by Crippen LogP contribution is -2.32. The second-order valence-electron chi connectivity index (χ2n) is 3.76. The molecule has 0 aromatic heterocycles. The molecule has 1 atom stereocenters. The maximum Gasteiger partial charge on any atom is 0.00924 e. The Hall–Kier alpha value is 0.310. The van der Waals surface area contributed by atoms with Gasteiger partial charge in [0.15, 0.2) is 0 Å². The molecule has 1 saturated carbocycles. The molecule has 0 radical (unpaired) electrons. The maximum absolute atomic E-state index is 2.51. The van der Waals surface area contributed by atoms with E-state index in [0.29, 0.717) is 0 Å². The third kappa shape index (κ3) is 3.36. The number of thioether (sulfide) groups is 1. The van der Waals surface area contributed by atoms with Crippen LogP contribution in [0, 0.1) is 5.92 Å². The molecular weight excluding hydrogens is 166 g/mol. The molecule has 72 valence electrons. The van der Waals surface area contributed by atoms with Crippen LogP contribution in [0.1, 0.15) is 26.7 Å². The van der Waals surface area contributed by atoms with E-state index in [4.69, 9.17) is 0 Å². The topological polar surface area (TPSA) is 3.24 Å². The fourth-order valence-corrected chi connectivity index (χ4v) is 2.20. The van der Waals surface area contributed by atoms with Gasteiger partial charge in [-0.05, 0) is 38.5 Å². The number of rotatable bonds is 6. The van der Waals surface area contributed by atoms with Crippen LogP contribution in [0.2, 0.25) is 0 Å². The van der Waals surface area contributed by atoms with Crippen molar-refractivity contribution >= 4 is 11.8 Å². The summed E-state index contributed by atoms with van der Waals surface area (Å²) in [6.07, 6.45) is 2.93. The third-order valence-corrected chi connectivity index (χ3v) is 3.67. The van der Waals surface area contributed by atoms with Gasteiger partial charge in [0.1, 0.15) is 0 Å². The van der Waals surface area contributed by atoms with Crippen LogP contribution in [-0.2, 0) is 0 Å². The normalized spacial score (nSPS) is 20.0. The molecule has 1 nitrogen and oxygen atoms in total. The molecule has 0 saturated heterocycles. The molecule has 1 aliphatic rings. The van der Waals surface area contributed by atoms with E-state index in [2.05, 4.69) is 25.8 Å². The zero-order valence-corrected chi connectivity index (χ0v) is 9.36. The fourth-order valence-electron chi connectivity index (χ4n) is 1.50. The Morgan fingerprint density at radius 1 is 1.50 bits per heavy atom. The Balaban J connectivity index is 2.04. The molecule has 0 aliphatic heterocycles. The van der Waals surface area contributed by atoms with Crippen molar-refractivity contribution in [1.29, 1.82) is 0 Å². The van der Waals surface area contributed by atoms with Crippen molar-refractivity contribution in [3.05, 3.63) is 0 Å². The minimum absolute atomic E-state index is 0.822. The predicted octanol–water partition coefficient (Wildman–Crippen LogP) is 2.47. The van der Waals surface area contributed by atoms with E-state index in [1.807, 2.05) is 11.8 Å². The second kappa shape index (κ2) is 5.13. The summed E-state index contributed by atoms with van der Waals surface area (Å²) in [7, 11) is 2.26. The fraction of sp³-hybridized carbons (Fsp3) is 1.00. The summed E-state index contributed by atoms with van der Waals surface area (Å²) in [5.41, 5.74) is 0. The molecule has 1 aliphatic carbocycles. The minimum atomic E-state index is 0.822. The standard InChI is InChI=1S/C10H21NS/c1-4-12-8-7-11(3)9(2)10-5-6-10/h9-10H,4-8H2,1-3H3. The average molecular weight is 187 g/mol. The van der Waals surface area contributed by atoms with Crippen molar-refractivity contribution in [2.24, 2.45) is 5.92 Å². The highest BCUT2D eigenvalue weighted by molar-refractivity contribution is 7.99. The highest BCUT2D eigenvalue weighted by Crippen LogP contribution is 2.34. The lowest BCUT2D eigenvalue weighted by Gasteiger charge is -2.24. The van der Waals surface area contributed by atoms with Gasteiger partial charge in [-0.1, -0.05) is 6.92 Å².